The second-order valence-corrected chi connectivity index (χ2v) is 4.00. The molecule has 0 aliphatic carbocycles. The first-order chi connectivity index (χ1) is 8.65. The van der Waals surface area contributed by atoms with Crippen molar-refractivity contribution in [1.82, 2.24) is 9.97 Å². The molecule has 7 heteroatoms. The fourth-order valence-electron chi connectivity index (χ4n) is 1.43. The average Bonchev–Trinajstić information content (AvgIpc) is 2.81. The lowest BCUT2D eigenvalue weighted by molar-refractivity contribution is -0.127. The molecular formula is C11H14N4O3. The highest BCUT2D eigenvalue weighted by Gasteiger charge is 2.25. The second kappa shape index (κ2) is 5.54. The van der Waals surface area contributed by atoms with Crippen molar-refractivity contribution in [2.45, 2.75) is 26.1 Å². The predicted molar refractivity (Wildman–Crippen MR) is 62.5 cm³/mol. The molecule has 0 fully saturated rings. The number of rotatable bonds is 5. The maximum Gasteiger partial charge on any atom is 0.261 e. The van der Waals surface area contributed by atoms with Crippen LogP contribution in [0.1, 0.15) is 17.8 Å². The monoisotopic (exact) mass is 250 g/mol. The van der Waals surface area contributed by atoms with Gasteiger partial charge in [-0.05, 0) is 6.92 Å². The van der Waals surface area contributed by atoms with E-state index in [0.717, 1.165) is 11.4 Å². The average molecular weight is 250 g/mol. The van der Waals surface area contributed by atoms with Crippen molar-refractivity contribution in [3.63, 3.8) is 0 Å². The van der Waals surface area contributed by atoms with Gasteiger partial charge in [0, 0.05) is 12.6 Å². The van der Waals surface area contributed by atoms with Crippen LogP contribution < -0.4 is 5.73 Å². The number of nitrogens with zero attached hydrogens (tertiary/aromatic N) is 3. The van der Waals surface area contributed by atoms with Crippen molar-refractivity contribution in [3.05, 3.63) is 23.8 Å². The standard InChI is InChI=1S/C11H14N4O3/c1-7-3-14-9(4-13-7)6-17-5-8-2-10(11(12)16)18-15-8/h3-4,10H,2,5-6H2,1H3,(H2,12,16). The van der Waals surface area contributed by atoms with Gasteiger partial charge >= 0.3 is 0 Å². The summed E-state index contributed by atoms with van der Waals surface area (Å²) in [5, 5.41) is 3.74. The van der Waals surface area contributed by atoms with Crippen molar-refractivity contribution in [2.75, 3.05) is 6.61 Å². The lowest BCUT2D eigenvalue weighted by atomic mass is 10.2. The van der Waals surface area contributed by atoms with Crippen LogP contribution in [0.5, 0.6) is 0 Å². The third kappa shape index (κ3) is 3.24. The van der Waals surface area contributed by atoms with Gasteiger partial charge in [-0.25, -0.2) is 0 Å². The van der Waals surface area contributed by atoms with Gasteiger partial charge in [0.1, 0.15) is 0 Å². The topological polar surface area (TPSA) is 99.7 Å². The molecular weight excluding hydrogens is 236 g/mol. The van der Waals surface area contributed by atoms with Gasteiger partial charge in [-0.3, -0.25) is 14.8 Å². The molecule has 1 aromatic heterocycles. The van der Waals surface area contributed by atoms with Crippen LogP contribution in [0.2, 0.25) is 0 Å². The summed E-state index contributed by atoms with van der Waals surface area (Å²) < 4.78 is 5.41. The van der Waals surface area contributed by atoms with Crippen LogP contribution in [-0.4, -0.2) is 34.3 Å². The minimum absolute atomic E-state index is 0.291. The molecule has 1 atom stereocenters. The fourth-order valence-corrected chi connectivity index (χ4v) is 1.43. The van der Waals surface area contributed by atoms with Crippen molar-refractivity contribution in [2.24, 2.45) is 10.9 Å². The zero-order valence-electron chi connectivity index (χ0n) is 10.00. The first-order valence-electron chi connectivity index (χ1n) is 5.51. The van der Waals surface area contributed by atoms with E-state index in [9.17, 15) is 4.79 Å². The number of oxime groups is 1. The molecule has 1 aromatic rings. The molecule has 2 rings (SSSR count). The van der Waals surface area contributed by atoms with Crippen LogP contribution in [0.25, 0.3) is 0 Å². The third-order valence-electron chi connectivity index (χ3n) is 2.40. The summed E-state index contributed by atoms with van der Waals surface area (Å²) in [5.74, 6) is -0.516. The third-order valence-corrected chi connectivity index (χ3v) is 2.40. The van der Waals surface area contributed by atoms with Gasteiger partial charge < -0.3 is 15.3 Å². The Bertz CT molecular complexity index is 458. The van der Waals surface area contributed by atoms with E-state index in [1.165, 1.54) is 0 Å². The molecule has 0 spiro atoms. The van der Waals surface area contributed by atoms with Crippen LogP contribution in [-0.2, 0) is 21.0 Å². The molecule has 18 heavy (non-hydrogen) atoms. The minimum Gasteiger partial charge on any atom is -0.382 e. The van der Waals surface area contributed by atoms with E-state index in [1.807, 2.05) is 6.92 Å². The van der Waals surface area contributed by atoms with Crippen LogP contribution >= 0.6 is 0 Å². The van der Waals surface area contributed by atoms with Crippen LogP contribution in [0, 0.1) is 6.92 Å². The number of amides is 1. The van der Waals surface area contributed by atoms with Gasteiger partial charge in [-0.1, -0.05) is 5.16 Å². The number of aryl methyl sites for hydroxylation is 1. The number of hydrogen-bond acceptors (Lipinski definition) is 6. The lowest BCUT2D eigenvalue weighted by Crippen LogP contribution is -2.28. The molecule has 1 unspecified atom stereocenters. The molecule has 2 heterocycles. The number of aromatic nitrogens is 2. The first kappa shape index (κ1) is 12.4. The number of ether oxygens (including phenoxy) is 1. The van der Waals surface area contributed by atoms with E-state index in [2.05, 4.69) is 15.1 Å². The Morgan fingerprint density at radius 2 is 2.33 bits per heavy atom. The second-order valence-electron chi connectivity index (χ2n) is 4.00. The van der Waals surface area contributed by atoms with Crippen molar-refractivity contribution in [1.29, 1.82) is 0 Å². The molecule has 1 aliphatic rings. The number of carbonyl (C=O) groups is 1. The van der Waals surface area contributed by atoms with Gasteiger partial charge in [0.05, 0.1) is 36.5 Å². The molecule has 0 radical (unpaired) electrons. The molecule has 0 aromatic carbocycles. The Hall–Kier alpha value is -2.02. The Balaban J connectivity index is 1.73. The Labute approximate surface area is 104 Å². The van der Waals surface area contributed by atoms with Gasteiger partial charge in [-0.2, -0.15) is 0 Å². The number of nitrogens with two attached hydrogens (primary N) is 1. The zero-order chi connectivity index (χ0) is 13.0. The summed E-state index contributed by atoms with van der Waals surface area (Å²) in [6, 6.07) is 0. The summed E-state index contributed by atoms with van der Waals surface area (Å²) in [5.41, 5.74) is 7.36. The smallest absolute Gasteiger partial charge is 0.261 e. The largest absolute Gasteiger partial charge is 0.382 e. The molecule has 7 nitrogen and oxygen atoms in total. The molecule has 0 saturated heterocycles. The number of carbonyl (C=O) groups excluding carboxylic acids is 1. The van der Waals surface area contributed by atoms with Gasteiger partial charge in [-0.15, -0.1) is 0 Å². The number of hydrogen-bond donors (Lipinski definition) is 1. The Morgan fingerprint density at radius 1 is 1.50 bits per heavy atom. The van der Waals surface area contributed by atoms with Gasteiger partial charge in [0.2, 0.25) is 6.10 Å². The fraction of sp³-hybridized carbons (Fsp3) is 0.455. The summed E-state index contributed by atoms with van der Waals surface area (Å²) in [6.07, 6.45) is 3.06. The summed E-state index contributed by atoms with van der Waals surface area (Å²) in [6.45, 7) is 2.50. The van der Waals surface area contributed by atoms with E-state index in [4.69, 9.17) is 15.3 Å². The van der Waals surface area contributed by atoms with E-state index < -0.39 is 12.0 Å². The highest BCUT2D eigenvalue weighted by molar-refractivity contribution is 5.92. The minimum atomic E-state index is -0.664. The molecule has 0 bridgehead atoms. The van der Waals surface area contributed by atoms with Crippen molar-refractivity contribution in [3.8, 4) is 0 Å². The molecule has 1 aliphatic heterocycles. The van der Waals surface area contributed by atoms with E-state index in [1.54, 1.807) is 12.4 Å². The van der Waals surface area contributed by atoms with Gasteiger partial charge in [0.25, 0.3) is 5.91 Å². The zero-order valence-corrected chi connectivity index (χ0v) is 10.00. The van der Waals surface area contributed by atoms with Crippen LogP contribution in [0.4, 0.5) is 0 Å². The summed E-state index contributed by atoms with van der Waals surface area (Å²) in [4.78, 5) is 23.9. The molecule has 96 valence electrons. The van der Waals surface area contributed by atoms with Crippen molar-refractivity contribution >= 4 is 11.6 Å². The Morgan fingerprint density at radius 3 is 2.94 bits per heavy atom. The van der Waals surface area contributed by atoms with Gasteiger partial charge in [0.15, 0.2) is 0 Å². The number of primary amides is 1. The summed E-state index contributed by atoms with van der Waals surface area (Å²) >= 11 is 0. The highest BCUT2D eigenvalue weighted by atomic mass is 16.6. The van der Waals surface area contributed by atoms with E-state index >= 15 is 0 Å². The molecule has 0 saturated carbocycles. The Kier molecular flexibility index (Phi) is 3.83. The maximum absolute atomic E-state index is 10.8. The molecule has 2 N–H and O–H groups in total. The van der Waals surface area contributed by atoms with Crippen LogP contribution in [0.15, 0.2) is 17.5 Å². The SMILES string of the molecule is Cc1cnc(COCC2=NOC(C(N)=O)C2)cn1. The highest BCUT2D eigenvalue weighted by Crippen LogP contribution is 2.10. The summed E-state index contributed by atoms with van der Waals surface area (Å²) in [7, 11) is 0. The molecule has 1 amide bonds. The first-order valence-corrected chi connectivity index (χ1v) is 5.51. The maximum atomic E-state index is 10.8. The van der Waals surface area contributed by atoms with E-state index in [-0.39, 0.29) is 0 Å². The lowest BCUT2D eigenvalue weighted by Gasteiger charge is -2.03. The van der Waals surface area contributed by atoms with Crippen LogP contribution in [0.3, 0.4) is 0 Å². The quantitative estimate of drug-likeness (QED) is 0.788. The van der Waals surface area contributed by atoms with E-state index in [0.29, 0.717) is 25.3 Å². The normalized spacial score (nSPS) is 18.3. The van der Waals surface area contributed by atoms with Crippen molar-refractivity contribution < 1.29 is 14.4 Å². The predicted octanol–water partition coefficient (Wildman–Crippen LogP) is -0.0682.